The number of nitrogens with two attached hydrogens (primary N) is 1. The number of nitrogens with zero attached hydrogens (tertiary/aromatic N) is 1. The molecule has 0 atom stereocenters. The van der Waals surface area contributed by atoms with Crippen molar-refractivity contribution in [1.29, 1.82) is 0 Å². The Labute approximate surface area is 94.6 Å². The quantitative estimate of drug-likeness (QED) is 0.743. The summed E-state index contributed by atoms with van der Waals surface area (Å²) in [6, 6.07) is 5.75. The molecule has 1 aliphatic rings. The predicted octanol–water partition coefficient (Wildman–Crippen LogP) is 3.46. The highest BCUT2D eigenvalue weighted by molar-refractivity contribution is 5.83. The lowest BCUT2D eigenvalue weighted by Crippen LogP contribution is -2.05. The number of fused-ring (bicyclic) bond motifs is 1. The number of aromatic nitrogens is 1. The van der Waals surface area contributed by atoms with Crippen LogP contribution in [0.5, 0.6) is 0 Å². The van der Waals surface area contributed by atoms with Crippen LogP contribution in [0.1, 0.15) is 43.7 Å². The van der Waals surface area contributed by atoms with E-state index in [-0.39, 0.29) is 0 Å². The largest absolute Gasteiger partial charge is 0.399 e. The van der Waals surface area contributed by atoms with Crippen molar-refractivity contribution in [3.8, 4) is 0 Å². The SMILES string of the molecule is Nc1ccc2onc(C3CCCCC3)c2c1. The van der Waals surface area contributed by atoms with Gasteiger partial charge in [0.2, 0.25) is 0 Å². The minimum absolute atomic E-state index is 0.566. The Hall–Kier alpha value is -1.51. The average molecular weight is 216 g/mol. The van der Waals surface area contributed by atoms with Gasteiger partial charge in [-0.05, 0) is 31.0 Å². The van der Waals surface area contributed by atoms with E-state index in [1.54, 1.807) is 0 Å². The average Bonchev–Trinajstić information content (AvgIpc) is 2.73. The molecule has 1 aliphatic carbocycles. The highest BCUT2D eigenvalue weighted by Crippen LogP contribution is 2.36. The van der Waals surface area contributed by atoms with Crippen molar-refractivity contribution in [2.24, 2.45) is 0 Å². The van der Waals surface area contributed by atoms with Gasteiger partial charge in [0.1, 0.15) is 0 Å². The number of nitrogen functional groups attached to an aromatic ring is 1. The molecule has 1 fully saturated rings. The monoisotopic (exact) mass is 216 g/mol. The molecule has 1 aromatic carbocycles. The van der Waals surface area contributed by atoms with Crippen molar-refractivity contribution >= 4 is 16.7 Å². The zero-order valence-electron chi connectivity index (χ0n) is 9.28. The summed E-state index contributed by atoms with van der Waals surface area (Å²) in [5.74, 6) is 0.566. The van der Waals surface area contributed by atoms with Crippen LogP contribution < -0.4 is 5.73 Å². The number of rotatable bonds is 1. The maximum absolute atomic E-state index is 5.81. The molecule has 16 heavy (non-hydrogen) atoms. The zero-order chi connectivity index (χ0) is 11.0. The van der Waals surface area contributed by atoms with E-state index in [0.717, 1.165) is 22.4 Å². The highest BCUT2D eigenvalue weighted by Gasteiger charge is 2.21. The summed E-state index contributed by atoms with van der Waals surface area (Å²) in [5, 5.41) is 5.33. The molecule has 1 heterocycles. The molecule has 0 aliphatic heterocycles. The molecule has 0 saturated heterocycles. The van der Waals surface area contributed by atoms with Crippen molar-refractivity contribution in [3.05, 3.63) is 23.9 Å². The Morgan fingerprint density at radius 1 is 1.19 bits per heavy atom. The molecule has 0 spiro atoms. The summed E-state index contributed by atoms with van der Waals surface area (Å²) in [4.78, 5) is 0. The standard InChI is InChI=1S/C13H16N2O/c14-10-6-7-12-11(8-10)13(15-16-12)9-4-2-1-3-5-9/h6-9H,1-5,14H2. The van der Waals surface area contributed by atoms with Crippen LogP contribution in [0.3, 0.4) is 0 Å². The Kier molecular flexibility index (Phi) is 2.31. The topological polar surface area (TPSA) is 52.0 Å². The summed E-state index contributed by atoms with van der Waals surface area (Å²) in [6.45, 7) is 0. The molecule has 84 valence electrons. The van der Waals surface area contributed by atoms with E-state index < -0.39 is 0 Å². The van der Waals surface area contributed by atoms with Crippen LogP contribution in [0, 0.1) is 0 Å². The number of hydrogen-bond acceptors (Lipinski definition) is 3. The van der Waals surface area contributed by atoms with Gasteiger partial charge in [0, 0.05) is 17.0 Å². The van der Waals surface area contributed by atoms with Crippen molar-refractivity contribution in [1.82, 2.24) is 5.16 Å². The van der Waals surface area contributed by atoms with Crippen LogP contribution in [0.25, 0.3) is 11.0 Å². The maximum Gasteiger partial charge on any atom is 0.167 e. The summed E-state index contributed by atoms with van der Waals surface area (Å²) >= 11 is 0. The smallest absolute Gasteiger partial charge is 0.167 e. The van der Waals surface area contributed by atoms with Gasteiger partial charge in [-0.3, -0.25) is 0 Å². The lowest BCUT2D eigenvalue weighted by Gasteiger charge is -2.19. The molecule has 3 rings (SSSR count). The van der Waals surface area contributed by atoms with Gasteiger partial charge < -0.3 is 10.3 Å². The molecular weight excluding hydrogens is 200 g/mol. The second-order valence-electron chi connectivity index (χ2n) is 4.66. The van der Waals surface area contributed by atoms with E-state index in [9.17, 15) is 0 Å². The molecule has 2 N–H and O–H groups in total. The van der Waals surface area contributed by atoms with Crippen molar-refractivity contribution in [2.75, 3.05) is 5.73 Å². The van der Waals surface area contributed by atoms with Crippen LogP contribution in [-0.4, -0.2) is 5.16 Å². The van der Waals surface area contributed by atoms with Crippen molar-refractivity contribution in [2.45, 2.75) is 38.0 Å². The lowest BCUT2D eigenvalue weighted by molar-refractivity contribution is 0.396. The number of benzene rings is 1. The third-order valence-corrected chi connectivity index (χ3v) is 3.51. The molecule has 0 radical (unpaired) electrons. The molecule has 1 saturated carbocycles. The number of anilines is 1. The van der Waals surface area contributed by atoms with E-state index >= 15 is 0 Å². The second-order valence-corrected chi connectivity index (χ2v) is 4.66. The van der Waals surface area contributed by atoms with Gasteiger partial charge in [0.25, 0.3) is 0 Å². The normalized spacial score (nSPS) is 18.0. The van der Waals surface area contributed by atoms with Gasteiger partial charge >= 0.3 is 0 Å². The fourth-order valence-corrected chi connectivity index (χ4v) is 2.65. The Bertz CT molecular complexity index is 498. The maximum atomic E-state index is 5.81. The molecular formula is C13H16N2O. The zero-order valence-corrected chi connectivity index (χ0v) is 9.28. The molecule has 1 aromatic heterocycles. The minimum Gasteiger partial charge on any atom is -0.399 e. The molecule has 3 heteroatoms. The minimum atomic E-state index is 0.566. The van der Waals surface area contributed by atoms with Crippen LogP contribution in [0.15, 0.2) is 22.7 Å². The van der Waals surface area contributed by atoms with Crippen molar-refractivity contribution in [3.63, 3.8) is 0 Å². The Morgan fingerprint density at radius 3 is 2.81 bits per heavy atom. The van der Waals surface area contributed by atoms with Gasteiger partial charge in [0.05, 0.1) is 5.69 Å². The summed E-state index contributed by atoms with van der Waals surface area (Å²) in [5.41, 5.74) is 8.57. The first kappa shape index (κ1) is 9.70. The van der Waals surface area contributed by atoms with Crippen LogP contribution >= 0.6 is 0 Å². The summed E-state index contributed by atoms with van der Waals surface area (Å²) < 4.78 is 5.35. The van der Waals surface area contributed by atoms with Crippen molar-refractivity contribution < 1.29 is 4.52 Å². The van der Waals surface area contributed by atoms with Crippen LogP contribution in [0.4, 0.5) is 5.69 Å². The van der Waals surface area contributed by atoms with E-state index in [1.165, 1.54) is 32.1 Å². The van der Waals surface area contributed by atoms with Crippen LogP contribution in [0.2, 0.25) is 0 Å². The third-order valence-electron chi connectivity index (χ3n) is 3.51. The van der Waals surface area contributed by atoms with E-state index in [4.69, 9.17) is 10.3 Å². The lowest BCUT2D eigenvalue weighted by atomic mass is 9.86. The van der Waals surface area contributed by atoms with E-state index in [2.05, 4.69) is 5.16 Å². The highest BCUT2D eigenvalue weighted by atomic mass is 16.5. The Balaban J connectivity index is 2.05. The Morgan fingerprint density at radius 2 is 2.00 bits per heavy atom. The van der Waals surface area contributed by atoms with E-state index in [0.29, 0.717) is 5.92 Å². The van der Waals surface area contributed by atoms with Gasteiger partial charge in [-0.25, -0.2) is 0 Å². The molecule has 0 amide bonds. The molecule has 2 aromatic rings. The van der Waals surface area contributed by atoms with Gasteiger partial charge in [-0.15, -0.1) is 0 Å². The molecule has 0 bridgehead atoms. The molecule has 3 nitrogen and oxygen atoms in total. The first-order chi connectivity index (χ1) is 7.84. The first-order valence-electron chi connectivity index (χ1n) is 5.99. The fraction of sp³-hybridized carbons (Fsp3) is 0.462. The van der Waals surface area contributed by atoms with Gasteiger partial charge in [-0.1, -0.05) is 24.4 Å². The molecule has 0 unspecified atom stereocenters. The van der Waals surface area contributed by atoms with Crippen LogP contribution in [-0.2, 0) is 0 Å². The van der Waals surface area contributed by atoms with E-state index in [1.807, 2.05) is 18.2 Å². The second kappa shape index (κ2) is 3.81. The predicted molar refractivity (Wildman–Crippen MR) is 64.2 cm³/mol. The van der Waals surface area contributed by atoms with Gasteiger partial charge in [0.15, 0.2) is 5.58 Å². The summed E-state index contributed by atoms with van der Waals surface area (Å²) in [7, 11) is 0. The third kappa shape index (κ3) is 1.56. The number of hydrogen-bond donors (Lipinski definition) is 1. The summed E-state index contributed by atoms with van der Waals surface area (Å²) in [6.07, 6.45) is 6.43. The van der Waals surface area contributed by atoms with Gasteiger partial charge in [-0.2, -0.15) is 0 Å². The fourth-order valence-electron chi connectivity index (χ4n) is 2.65. The first-order valence-corrected chi connectivity index (χ1v) is 5.99.